The number of hydrogen-bond acceptors (Lipinski definition) is 8. The van der Waals surface area contributed by atoms with Crippen LogP contribution in [-0.2, 0) is 35.1 Å². The number of phenolic OH excluding ortho intramolecular Hbond substituents is 2. The van der Waals surface area contributed by atoms with Gasteiger partial charge in [-0.15, -0.1) is 0 Å². The van der Waals surface area contributed by atoms with E-state index in [2.05, 4.69) is 0 Å². The van der Waals surface area contributed by atoms with E-state index in [1.165, 1.54) is 12.2 Å². The second kappa shape index (κ2) is 15.4. The van der Waals surface area contributed by atoms with Crippen molar-refractivity contribution < 1.29 is 38.9 Å². The quantitative estimate of drug-likeness (QED) is 0.131. The molecule has 0 bridgehead atoms. The summed E-state index contributed by atoms with van der Waals surface area (Å²) < 4.78 is 10.6. The minimum Gasteiger partial charge on any atom is -0.508 e. The van der Waals surface area contributed by atoms with Crippen molar-refractivity contribution in [3.8, 4) is 11.5 Å². The third-order valence-corrected chi connectivity index (χ3v) is 9.69. The SMILES string of the molecule is CCOC(=O)C1C(=O)C=C(c2ccccc2)CC1c1cc(Cc2ccc(O)c(C3CC(c4ccccc4)=CC(=O)C3C(=O)OCC)c2)ccc1O. The van der Waals surface area contributed by atoms with Gasteiger partial charge in [0.15, 0.2) is 11.6 Å². The molecule has 0 saturated carbocycles. The van der Waals surface area contributed by atoms with Gasteiger partial charge in [-0.3, -0.25) is 19.2 Å². The number of allylic oxidation sites excluding steroid dienone is 4. The summed E-state index contributed by atoms with van der Waals surface area (Å²) in [5, 5.41) is 22.3. The maximum atomic E-state index is 13.5. The van der Waals surface area contributed by atoms with Crippen LogP contribution < -0.4 is 0 Å². The first-order valence-electron chi connectivity index (χ1n) is 17.2. The van der Waals surface area contributed by atoms with E-state index in [1.54, 1.807) is 38.1 Å². The monoisotopic (exact) mass is 684 g/mol. The summed E-state index contributed by atoms with van der Waals surface area (Å²) in [4.78, 5) is 53.3. The topological polar surface area (TPSA) is 127 Å². The van der Waals surface area contributed by atoms with Gasteiger partial charge in [0, 0.05) is 11.8 Å². The van der Waals surface area contributed by atoms with Crippen molar-refractivity contribution in [1.29, 1.82) is 0 Å². The first kappa shape index (κ1) is 35.1. The van der Waals surface area contributed by atoms with Crippen molar-refractivity contribution in [1.82, 2.24) is 0 Å². The summed E-state index contributed by atoms with van der Waals surface area (Å²) >= 11 is 0. The third kappa shape index (κ3) is 7.55. The Kier molecular flexibility index (Phi) is 10.6. The van der Waals surface area contributed by atoms with Gasteiger partial charge in [0.1, 0.15) is 23.3 Å². The largest absolute Gasteiger partial charge is 0.508 e. The molecule has 0 amide bonds. The second-order valence-electron chi connectivity index (χ2n) is 12.9. The van der Waals surface area contributed by atoms with E-state index in [1.807, 2.05) is 72.8 Å². The number of benzene rings is 4. The number of carbonyl (C=O) groups is 4. The van der Waals surface area contributed by atoms with Crippen LogP contribution in [-0.4, -0.2) is 46.9 Å². The Balaban J connectivity index is 1.34. The summed E-state index contributed by atoms with van der Waals surface area (Å²) in [6.45, 7) is 3.61. The van der Waals surface area contributed by atoms with Crippen LogP contribution in [0.2, 0.25) is 0 Å². The van der Waals surface area contributed by atoms with Crippen molar-refractivity contribution in [2.24, 2.45) is 11.8 Å². The van der Waals surface area contributed by atoms with Gasteiger partial charge in [-0.05, 0) is 102 Å². The molecule has 0 aliphatic heterocycles. The second-order valence-corrected chi connectivity index (χ2v) is 12.9. The molecule has 6 rings (SSSR count). The molecular formula is C43H40O8. The molecule has 0 spiro atoms. The number of ketones is 2. The first-order valence-corrected chi connectivity index (χ1v) is 17.2. The molecule has 0 aromatic heterocycles. The Morgan fingerprint density at radius 1 is 0.608 bits per heavy atom. The molecule has 51 heavy (non-hydrogen) atoms. The normalized spacial score (nSPS) is 20.3. The Bertz CT molecular complexity index is 1870. The van der Waals surface area contributed by atoms with E-state index in [0.717, 1.165) is 33.4 Å². The molecule has 4 atom stereocenters. The van der Waals surface area contributed by atoms with Crippen molar-refractivity contribution in [3.63, 3.8) is 0 Å². The summed E-state index contributed by atoms with van der Waals surface area (Å²) in [6, 6.07) is 29.2. The van der Waals surface area contributed by atoms with Gasteiger partial charge in [0.05, 0.1) is 13.2 Å². The van der Waals surface area contributed by atoms with Crippen molar-refractivity contribution >= 4 is 34.7 Å². The van der Waals surface area contributed by atoms with E-state index in [-0.39, 0.29) is 36.3 Å². The maximum absolute atomic E-state index is 13.5. The Morgan fingerprint density at radius 3 is 1.37 bits per heavy atom. The van der Waals surface area contributed by atoms with Gasteiger partial charge >= 0.3 is 11.9 Å². The molecule has 2 aliphatic carbocycles. The number of rotatable bonds is 10. The van der Waals surface area contributed by atoms with Crippen LogP contribution >= 0.6 is 0 Å². The summed E-state index contributed by atoms with van der Waals surface area (Å²) in [7, 11) is 0. The average molecular weight is 685 g/mol. The molecule has 0 heterocycles. The molecule has 2 N–H and O–H groups in total. The summed E-state index contributed by atoms with van der Waals surface area (Å²) in [5.41, 5.74) is 5.74. The van der Waals surface area contributed by atoms with Gasteiger partial charge in [-0.1, -0.05) is 84.9 Å². The first-order chi connectivity index (χ1) is 24.7. The van der Waals surface area contributed by atoms with Gasteiger partial charge < -0.3 is 19.7 Å². The molecule has 2 aliphatic rings. The summed E-state index contributed by atoms with van der Waals surface area (Å²) in [5.74, 6) is -5.67. The molecule has 4 aromatic rings. The van der Waals surface area contributed by atoms with Crippen molar-refractivity contribution in [2.45, 2.75) is 44.9 Å². The lowest BCUT2D eigenvalue weighted by Crippen LogP contribution is -2.34. The zero-order valence-electron chi connectivity index (χ0n) is 28.6. The molecule has 8 nitrogen and oxygen atoms in total. The van der Waals surface area contributed by atoms with E-state index in [0.29, 0.717) is 30.4 Å². The number of phenols is 2. The fourth-order valence-corrected chi connectivity index (χ4v) is 7.32. The van der Waals surface area contributed by atoms with Crippen LogP contribution in [0.3, 0.4) is 0 Å². The fraction of sp³-hybridized carbons (Fsp3) is 0.256. The van der Waals surface area contributed by atoms with Crippen molar-refractivity contribution in [3.05, 3.63) is 143 Å². The molecule has 8 heteroatoms. The highest BCUT2D eigenvalue weighted by atomic mass is 16.5. The molecule has 0 fully saturated rings. The highest BCUT2D eigenvalue weighted by Crippen LogP contribution is 2.45. The molecule has 0 saturated heterocycles. The molecule has 0 radical (unpaired) electrons. The third-order valence-electron chi connectivity index (χ3n) is 9.69. The number of aromatic hydroxyl groups is 2. The number of ether oxygens (including phenoxy) is 2. The molecule has 4 aromatic carbocycles. The van der Waals surface area contributed by atoms with E-state index >= 15 is 0 Å². The smallest absolute Gasteiger partial charge is 0.317 e. The molecule has 260 valence electrons. The van der Waals surface area contributed by atoms with Crippen LogP contribution in [0.4, 0.5) is 0 Å². The zero-order chi connectivity index (χ0) is 36.1. The predicted molar refractivity (Wildman–Crippen MR) is 193 cm³/mol. The van der Waals surface area contributed by atoms with Gasteiger partial charge in [0.2, 0.25) is 0 Å². The highest BCUT2D eigenvalue weighted by molar-refractivity contribution is 6.11. The average Bonchev–Trinajstić information content (AvgIpc) is 3.13. The van der Waals surface area contributed by atoms with Crippen LogP contribution in [0.15, 0.2) is 109 Å². The number of carbonyl (C=O) groups excluding carboxylic acids is 4. The Labute approximate surface area is 297 Å². The standard InChI is InChI=1S/C43H40O8/c1-3-50-42(48)40-34(22-30(24-38(40)46)28-11-7-5-8-12-28)32-20-26(15-17-36(32)44)19-27-16-18-37(45)33(21-27)35-23-31(29-13-9-6-10-14-29)25-39(47)41(35)43(49)51-4-2/h5-18,20-21,24-25,34-35,40-41,44-45H,3-4,19,22-23H2,1-2H3. The Morgan fingerprint density at radius 2 is 1.00 bits per heavy atom. The minimum atomic E-state index is -1.12. The maximum Gasteiger partial charge on any atom is 0.317 e. The van der Waals surface area contributed by atoms with Crippen LogP contribution in [0.1, 0.15) is 71.9 Å². The molecular weight excluding hydrogens is 644 g/mol. The van der Waals surface area contributed by atoms with Crippen LogP contribution in [0, 0.1) is 11.8 Å². The van der Waals surface area contributed by atoms with Gasteiger partial charge in [-0.2, -0.15) is 0 Å². The van der Waals surface area contributed by atoms with Crippen LogP contribution in [0.25, 0.3) is 11.1 Å². The van der Waals surface area contributed by atoms with E-state index in [4.69, 9.17) is 9.47 Å². The highest BCUT2D eigenvalue weighted by Gasteiger charge is 2.42. The number of hydrogen-bond donors (Lipinski definition) is 2. The zero-order valence-corrected chi connectivity index (χ0v) is 28.6. The van der Waals surface area contributed by atoms with Gasteiger partial charge in [-0.25, -0.2) is 0 Å². The number of esters is 2. The lowest BCUT2D eigenvalue weighted by atomic mass is 9.72. The predicted octanol–water partition coefficient (Wildman–Crippen LogP) is 7.33. The Hall–Kier alpha value is -5.76. The fourth-order valence-electron chi connectivity index (χ4n) is 7.32. The lowest BCUT2D eigenvalue weighted by molar-refractivity contribution is -0.153. The molecule has 4 unspecified atom stereocenters. The van der Waals surface area contributed by atoms with E-state index < -0.39 is 35.6 Å². The van der Waals surface area contributed by atoms with Gasteiger partial charge in [0.25, 0.3) is 0 Å². The van der Waals surface area contributed by atoms with E-state index in [9.17, 15) is 29.4 Å². The minimum absolute atomic E-state index is 0.0372. The van der Waals surface area contributed by atoms with Crippen molar-refractivity contribution in [2.75, 3.05) is 13.2 Å². The summed E-state index contributed by atoms with van der Waals surface area (Å²) in [6.07, 6.45) is 4.04. The lowest BCUT2D eigenvalue weighted by Gasteiger charge is -2.30. The van der Waals surface area contributed by atoms with Crippen LogP contribution in [0.5, 0.6) is 11.5 Å².